The summed E-state index contributed by atoms with van der Waals surface area (Å²) in [5, 5.41) is 16.4. The third kappa shape index (κ3) is 3.25. The Hall–Kier alpha value is -2.50. The van der Waals surface area contributed by atoms with Crippen molar-refractivity contribution in [2.24, 2.45) is 0 Å². The maximum Gasteiger partial charge on any atom is 0.356 e. The number of anilines is 1. The van der Waals surface area contributed by atoms with Gasteiger partial charge >= 0.3 is 5.97 Å². The minimum Gasteiger partial charge on any atom is -0.476 e. The molecule has 6 heteroatoms. The summed E-state index contributed by atoms with van der Waals surface area (Å²) in [6.45, 7) is 3.34. The van der Waals surface area contributed by atoms with Gasteiger partial charge in [-0.1, -0.05) is 6.07 Å². The quantitative estimate of drug-likeness (QED) is 0.877. The Balaban J connectivity index is 2.15. The molecule has 0 fully saturated rings. The van der Waals surface area contributed by atoms with Gasteiger partial charge in [-0.05, 0) is 31.2 Å². The highest BCUT2D eigenvalue weighted by molar-refractivity contribution is 5.85. The Kier molecular flexibility index (Phi) is 4.02. The highest BCUT2D eigenvalue weighted by Crippen LogP contribution is 2.12. The molecule has 19 heavy (non-hydrogen) atoms. The zero-order valence-electron chi connectivity index (χ0n) is 10.5. The summed E-state index contributed by atoms with van der Waals surface area (Å²) < 4.78 is 0. The van der Waals surface area contributed by atoms with Crippen molar-refractivity contribution in [2.45, 2.75) is 13.5 Å². The summed E-state index contributed by atoms with van der Waals surface area (Å²) in [6, 6.07) is 8.83. The molecule has 2 aromatic heterocycles. The number of rotatable bonds is 5. The number of carboxylic acid groups (broad SMARTS) is 1. The molecule has 2 aromatic rings. The molecule has 0 unspecified atom stereocenters. The molecule has 6 nitrogen and oxygen atoms in total. The van der Waals surface area contributed by atoms with Crippen LogP contribution < -0.4 is 4.90 Å². The normalized spacial score (nSPS) is 10.2. The van der Waals surface area contributed by atoms with Crippen LogP contribution in [0.4, 0.5) is 5.82 Å². The molecule has 0 spiro atoms. The van der Waals surface area contributed by atoms with Gasteiger partial charge in [-0.15, -0.1) is 10.2 Å². The Labute approximate surface area is 110 Å². The summed E-state index contributed by atoms with van der Waals surface area (Å²) >= 11 is 0. The average Bonchev–Trinajstić information content (AvgIpc) is 2.46. The van der Waals surface area contributed by atoms with E-state index < -0.39 is 5.97 Å². The van der Waals surface area contributed by atoms with Crippen molar-refractivity contribution in [1.29, 1.82) is 0 Å². The van der Waals surface area contributed by atoms with Gasteiger partial charge in [0.2, 0.25) is 0 Å². The van der Waals surface area contributed by atoms with E-state index in [9.17, 15) is 4.79 Å². The highest BCUT2D eigenvalue weighted by Gasteiger charge is 2.10. The minimum atomic E-state index is -1.08. The van der Waals surface area contributed by atoms with Gasteiger partial charge in [-0.3, -0.25) is 4.98 Å². The van der Waals surface area contributed by atoms with E-state index in [2.05, 4.69) is 15.2 Å². The van der Waals surface area contributed by atoms with Crippen LogP contribution in [0.3, 0.4) is 0 Å². The summed E-state index contributed by atoms with van der Waals surface area (Å²) in [4.78, 5) is 16.9. The Morgan fingerprint density at radius 3 is 2.63 bits per heavy atom. The van der Waals surface area contributed by atoms with Gasteiger partial charge < -0.3 is 10.0 Å². The van der Waals surface area contributed by atoms with Crippen LogP contribution in [0.25, 0.3) is 0 Å². The SMILES string of the molecule is CCN(Cc1ccccn1)c1ccc(C(=O)O)nn1. The Morgan fingerprint density at radius 1 is 1.26 bits per heavy atom. The lowest BCUT2D eigenvalue weighted by molar-refractivity contribution is 0.0689. The van der Waals surface area contributed by atoms with Gasteiger partial charge in [-0.2, -0.15) is 0 Å². The standard InChI is InChI=1S/C13H14N4O2/c1-2-17(9-10-5-3-4-8-14-10)12-7-6-11(13(18)19)15-16-12/h3-8H,2,9H2,1H3,(H,18,19). The molecule has 2 heterocycles. The van der Waals surface area contributed by atoms with Crippen molar-refractivity contribution in [2.75, 3.05) is 11.4 Å². The first-order valence-electron chi connectivity index (χ1n) is 5.92. The first-order chi connectivity index (χ1) is 9.20. The molecule has 0 atom stereocenters. The predicted octanol–water partition coefficient (Wildman–Crippen LogP) is 1.60. The smallest absolute Gasteiger partial charge is 0.356 e. The van der Waals surface area contributed by atoms with Crippen LogP contribution in [0.5, 0.6) is 0 Å². The van der Waals surface area contributed by atoms with Crippen molar-refractivity contribution in [3.05, 3.63) is 47.9 Å². The molecule has 1 N–H and O–H groups in total. The first kappa shape index (κ1) is 12.9. The maximum atomic E-state index is 10.7. The summed E-state index contributed by atoms with van der Waals surface area (Å²) in [5.41, 5.74) is 0.867. The lowest BCUT2D eigenvalue weighted by atomic mass is 10.3. The van der Waals surface area contributed by atoms with E-state index in [-0.39, 0.29) is 5.69 Å². The summed E-state index contributed by atoms with van der Waals surface area (Å²) in [6.07, 6.45) is 1.74. The van der Waals surface area contributed by atoms with Crippen molar-refractivity contribution >= 4 is 11.8 Å². The van der Waals surface area contributed by atoms with Crippen molar-refractivity contribution in [3.63, 3.8) is 0 Å². The monoisotopic (exact) mass is 258 g/mol. The van der Waals surface area contributed by atoms with Crippen molar-refractivity contribution < 1.29 is 9.90 Å². The van der Waals surface area contributed by atoms with Gasteiger partial charge in [0.15, 0.2) is 11.5 Å². The first-order valence-corrected chi connectivity index (χ1v) is 5.92. The molecule has 0 saturated heterocycles. The number of hydrogen-bond donors (Lipinski definition) is 1. The van der Waals surface area contributed by atoms with E-state index in [0.717, 1.165) is 12.2 Å². The topological polar surface area (TPSA) is 79.2 Å². The second-order valence-corrected chi connectivity index (χ2v) is 3.92. The number of hydrogen-bond acceptors (Lipinski definition) is 5. The van der Waals surface area contributed by atoms with E-state index >= 15 is 0 Å². The number of aromatic nitrogens is 3. The molecule has 0 radical (unpaired) electrons. The lowest BCUT2D eigenvalue weighted by Gasteiger charge is -2.20. The number of carboxylic acids is 1. The molecule has 0 aliphatic heterocycles. The van der Waals surface area contributed by atoms with Crippen molar-refractivity contribution in [1.82, 2.24) is 15.2 Å². The fourth-order valence-corrected chi connectivity index (χ4v) is 1.65. The van der Waals surface area contributed by atoms with Crippen LogP contribution in [0.1, 0.15) is 23.1 Å². The summed E-state index contributed by atoms with van der Waals surface area (Å²) in [7, 11) is 0. The average molecular weight is 258 g/mol. The highest BCUT2D eigenvalue weighted by atomic mass is 16.4. The summed E-state index contributed by atoms with van der Waals surface area (Å²) in [5.74, 6) is -0.440. The fourth-order valence-electron chi connectivity index (χ4n) is 1.65. The molecule has 2 rings (SSSR count). The van der Waals surface area contributed by atoms with Crippen LogP contribution in [0.2, 0.25) is 0 Å². The molecule has 0 saturated carbocycles. The van der Waals surface area contributed by atoms with Crippen LogP contribution in [-0.2, 0) is 6.54 Å². The zero-order valence-corrected chi connectivity index (χ0v) is 10.5. The van der Waals surface area contributed by atoms with E-state index in [1.54, 1.807) is 12.3 Å². The second kappa shape index (κ2) is 5.90. The van der Waals surface area contributed by atoms with Crippen LogP contribution in [-0.4, -0.2) is 32.8 Å². The van der Waals surface area contributed by atoms with E-state index in [1.165, 1.54) is 6.07 Å². The van der Waals surface area contributed by atoms with Crippen LogP contribution >= 0.6 is 0 Å². The molecule has 0 aliphatic carbocycles. The van der Waals surface area contributed by atoms with Gasteiger partial charge in [0.1, 0.15) is 0 Å². The molecule has 0 bridgehead atoms. The lowest BCUT2D eigenvalue weighted by Crippen LogP contribution is -2.24. The molecular formula is C13H14N4O2. The van der Waals surface area contributed by atoms with Crippen LogP contribution in [0, 0.1) is 0 Å². The molecular weight excluding hydrogens is 244 g/mol. The van der Waals surface area contributed by atoms with Crippen molar-refractivity contribution in [3.8, 4) is 0 Å². The number of aromatic carboxylic acids is 1. The van der Waals surface area contributed by atoms with Gasteiger partial charge in [-0.25, -0.2) is 4.79 Å². The van der Waals surface area contributed by atoms with E-state index in [0.29, 0.717) is 12.4 Å². The number of nitrogens with zero attached hydrogens (tertiary/aromatic N) is 4. The van der Waals surface area contributed by atoms with E-state index in [1.807, 2.05) is 30.0 Å². The number of pyridine rings is 1. The van der Waals surface area contributed by atoms with E-state index in [4.69, 9.17) is 5.11 Å². The second-order valence-electron chi connectivity index (χ2n) is 3.92. The zero-order chi connectivity index (χ0) is 13.7. The van der Waals surface area contributed by atoms with Crippen LogP contribution in [0.15, 0.2) is 36.5 Å². The predicted molar refractivity (Wildman–Crippen MR) is 70.0 cm³/mol. The molecule has 0 aromatic carbocycles. The third-order valence-electron chi connectivity index (χ3n) is 2.65. The minimum absolute atomic E-state index is 0.0577. The fraction of sp³-hybridized carbons (Fsp3) is 0.231. The third-order valence-corrected chi connectivity index (χ3v) is 2.65. The van der Waals surface area contributed by atoms with Gasteiger partial charge in [0.05, 0.1) is 12.2 Å². The number of carbonyl (C=O) groups is 1. The molecule has 0 amide bonds. The Morgan fingerprint density at radius 2 is 2.11 bits per heavy atom. The maximum absolute atomic E-state index is 10.7. The van der Waals surface area contributed by atoms with Gasteiger partial charge in [0.25, 0.3) is 0 Å². The van der Waals surface area contributed by atoms with Gasteiger partial charge in [0, 0.05) is 12.7 Å². The molecule has 0 aliphatic rings. The largest absolute Gasteiger partial charge is 0.476 e. The molecule has 98 valence electrons. The Bertz CT molecular complexity index is 542.